The van der Waals surface area contributed by atoms with Gasteiger partial charge >= 0.3 is 5.76 Å². The fourth-order valence-corrected chi connectivity index (χ4v) is 3.76. The molecule has 0 aliphatic carbocycles. The fraction of sp³-hybridized carbons (Fsp3) is 0.364. The molecule has 0 saturated carbocycles. The summed E-state index contributed by atoms with van der Waals surface area (Å²) in [6.45, 7) is 5.63. The van der Waals surface area contributed by atoms with E-state index in [1.807, 2.05) is 12.1 Å². The lowest BCUT2D eigenvalue weighted by atomic mass is 10.2. The quantitative estimate of drug-likeness (QED) is 0.620. The number of carbonyl (C=O) groups excluding carboxylic acids is 1. The number of para-hydroxylation sites is 3. The van der Waals surface area contributed by atoms with E-state index in [0.29, 0.717) is 17.6 Å². The number of rotatable bonds is 7. The summed E-state index contributed by atoms with van der Waals surface area (Å²) in [5.41, 5.74) is 2.42. The SMILES string of the molecule is O=C(Cn1c(=O)oc2ccccc21)NCCCN1CCN(c2ccccc2)CC1. The third-order valence-corrected chi connectivity index (χ3v) is 5.34. The Morgan fingerprint density at radius 3 is 2.48 bits per heavy atom. The monoisotopic (exact) mass is 394 g/mol. The van der Waals surface area contributed by atoms with Gasteiger partial charge in [0.1, 0.15) is 6.54 Å². The van der Waals surface area contributed by atoms with Crippen LogP contribution in [0.3, 0.4) is 0 Å². The van der Waals surface area contributed by atoms with E-state index in [0.717, 1.165) is 39.1 Å². The van der Waals surface area contributed by atoms with E-state index in [9.17, 15) is 9.59 Å². The summed E-state index contributed by atoms with van der Waals surface area (Å²) in [7, 11) is 0. The molecule has 0 unspecified atom stereocenters. The van der Waals surface area contributed by atoms with Gasteiger partial charge in [-0.25, -0.2) is 4.79 Å². The van der Waals surface area contributed by atoms with E-state index in [4.69, 9.17) is 4.42 Å². The van der Waals surface area contributed by atoms with Crippen LogP contribution in [0.2, 0.25) is 0 Å². The topological polar surface area (TPSA) is 70.7 Å². The van der Waals surface area contributed by atoms with E-state index in [1.165, 1.54) is 10.3 Å². The third kappa shape index (κ3) is 4.68. The molecule has 29 heavy (non-hydrogen) atoms. The van der Waals surface area contributed by atoms with Crippen LogP contribution in [-0.2, 0) is 11.3 Å². The first-order chi connectivity index (χ1) is 14.2. The van der Waals surface area contributed by atoms with Crippen LogP contribution in [0.5, 0.6) is 0 Å². The minimum Gasteiger partial charge on any atom is -0.408 e. The molecule has 2 heterocycles. The molecule has 1 fully saturated rings. The largest absolute Gasteiger partial charge is 0.420 e. The zero-order valence-corrected chi connectivity index (χ0v) is 16.4. The Morgan fingerprint density at radius 1 is 0.966 bits per heavy atom. The molecular formula is C22H26N4O3. The van der Waals surface area contributed by atoms with Gasteiger partial charge in [0.05, 0.1) is 5.52 Å². The normalized spacial score (nSPS) is 15.0. The van der Waals surface area contributed by atoms with Gasteiger partial charge in [-0.2, -0.15) is 0 Å². The van der Waals surface area contributed by atoms with Crippen molar-refractivity contribution < 1.29 is 9.21 Å². The summed E-state index contributed by atoms with van der Waals surface area (Å²) in [5, 5.41) is 2.91. The van der Waals surface area contributed by atoms with Crippen molar-refractivity contribution in [1.29, 1.82) is 0 Å². The highest BCUT2D eigenvalue weighted by atomic mass is 16.4. The second-order valence-corrected chi connectivity index (χ2v) is 7.29. The zero-order chi connectivity index (χ0) is 20.1. The van der Waals surface area contributed by atoms with E-state index < -0.39 is 5.76 Å². The van der Waals surface area contributed by atoms with Crippen molar-refractivity contribution in [1.82, 2.24) is 14.8 Å². The number of piperazine rings is 1. The average Bonchev–Trinajstić information content (AvgIpc) is 3.07. The van der Waals surface area contributed by atoms with Crippen molar-refractivity contribution in [3.63, 3.8) is 0 Å². The lowest BCUT2D eigenvalue weighted by Crippen LogP contribution is -2.47. The van der Waals surface area contributed by atoms with Crippen LogP contribution in [0.25, 0.3) is 11.1 Å². The van der Waals surface area contributed by atoms with E-state index in [1.54, 1.807) is 18.2 Å². The van der Waals surface area contributed by atoms with Crippen molar-refractivity contribution in [2.75, 3.05) is 44.2 Å². The Kier molecular flexibility index (Phi) is 5.95. The lowest BCUT2D eigenvalue weighted by molar-refractivity contribution is -0.121. The van der Waals surface area contributed by atoms with Gasteiger partial charge < -0.3 is 14.6 Å². The lowest BCUT2D eigenvalue weighted by Gasteiger charge is -2.36. The van der Waals surface area contributed by atoms with Crippen LogP contribution in [0, 0.1) is 0 Å². The average molecular weight is 394 g/mol. The number of fused-ring (bicyclic) bond motifs is 1. The van der Waals surface area contributed by atoms with Crippen molar-refractivity contribution >= 4 is 22.7 Å². The van der Waals surface area contributed by atoms with Gasteiger partial charge in [0.2, 0.25) is 5.91 Å². The fourth-order valence-electron chi connectivity index (χ4n) is 3.76. The molecule has 3 aromatic rings. The van der Waals surface area contributed by atoms with Gasteiger partial charge in [-0.1, -0.05) is 30.3 Å². The molecule has 1 aliphatic rings. The maximum atomic E-state index is 12.2. The highest BCUT2D eigenvalue weighted by molar-refractivity contribution is 5.79. The van der Waals surface area contributed by atoms with Crippen LogP contribution in [-0.4, -0.2) is 54.6 Å². The molecule has 0 spiro atoms. The number of amides is 1. The predicted octanol–water partition coefficient (Wildman–Crippen LogP) is 1.92. The smallest absolute Gasteiger partial charge is 0.408 e. The van der Waals surface area contributed by atoms with E-state index in [2.05, 4.69) is 39.4 Å². The highest BCUT2D eigenvalue weighted by Gasteiger charge is 2.17. The number of aromatic nitrogens is 1. The maximum Gasteiger partial charge on any atom is 0.420 e. The van der Waals surface area contributed by atoms with Crippen LogP contribution in [0.1, 0.15) is 6.42 Å². The van der Waals surface area contributed by atoms with Crippen molar-refractivity contribution in [3.8, 4) is 0 Å². The number of nitrogens with one attached hydrogen (secondary N) is 1. The Hall–Kier alpha value is -3.06. The predicted molar refractivity (Wildman–Crippen MR) is 113 cm³/mol. The molecule has 1 amide bonds. The summed E-state index contributed by atoms with van der Waals surface area (Å²) < 4.78 is 6.53. The second kappa shape index (κ2) is 8.96. The van der Waals surface area contributed by atoms with E-state index >= 15 is 0 Å². The van der Waals surface area contributed by atoms with Gasteiger partial charge in [0.25, 0.3) is 0 Å². The number of benzene rings is 2. The van der Waals surface area contributed by atoms with Crippen LogP contribution < -0.4 is 16.0 Å². The van der Waals surface area contributed by atoms with Crippen molar-refractivity contribution in [3.05, 3.63) is 65.1 Å². The summed E-state index contributed by atoms with van der Waals surface area (Å²) in [6, 6.07) is 17.6. The van der Waals surface area contributed by atoms with Crippen molar-refractivity contribution in [2.45, 2.75) is 13.0 Å². The van der Waals surface area contributed by atoms with Gasteiger partial charge in [-0.3, -0.25) is 14.3 Å². The number of hydrogen-bond acceptors (Lipinski definition) is 5. The summed E-state index contributed by atoms with van der Waals surface area (Å²) >= 11 is 0. The molecule has 1 N–H and O–H groups in total. The summed E-state index contributed by atoms with van der Waals surface area (Å²) in [4.78, 5) is 29.0. The highest BCUT2D eigenvalue weighted by Crippen LogP contribution is 2.15. The van der Waals surface area contributed by atoms with Crippen LogP contribution in [0.15, 0.2) is 63.8 Å². The summed E-state index contributed by atoms with van der Waals surface area (Å²) in [5.74, 6) is -0.676. The first kappa shape index (κ1) is 19.3. The molecule has 4 rings (SSSR count). The molecular weight excluding hydrogens is 368 g/mol. The molecule has 0 bridgehead atoms. The number of anilines is 1. The number of carbonyl (C=O) groups is 1. The first-order valence-corrected chi connectivity index (χ1v) is 10.1. The molecule has 0 radical (unpaired) electrons. The minimum absolute atomic E-state index is 0.0222. The van der Waals surface area contributed by atoms with Gasteiger partial charge in [-0.15, -0.1) is 0 Å². The first-order valence-electron chi connectivity index (χ1n) is 10.1. The standard InChI is InChI=1S/C22H26N4O3/c27-21(17-26-19-9-4-5-10-20(19)29-22(26)28)23-11-6-12-24-13-15-25(16-14-24)18-7-2-1-3-8-18/h1-5,7-10H,6,11-17H2,(H,23,27). The zero-order valence-electron chi connectivity index (χ0n) is 16.4. The summed E-state index contributed by atoms with van der Waals surface area (Å²) in [6.07, 6.45) is 0.887. The molecule has 7 heteroatoms. The van der Waals surface area contributed by atoms with Gasteiger partial charge in [0.15, 0.2) is 5.58 Å². The number of hydrogen-bond donors (Lipinski definition) is 1. The van der Waals surface area contributed by atoms with Crippen molar-refractivity contribution in [2.24, 2.45) is 0 Å². The molecule has 1 aromatic heterocycles. The Balaban J connectivity index is 1.18. The molecule has 7 nitrogen and oxygen atoms in total. The number of nitrogens with zero attached hydrogens (tertiary/aromatic N) is 3. The Morgan fingerprint density at radius 2 is 1.69 bits per heavy atom. The molecule has 1 aliphatic heterocycles. The second-order valence-electron chi connectivity index (χ2n) is 7.29. The third-order valence-electron chi connectivity index (χ3n) is 5.34. The molecule has 152 valence electrons. The molecule has 0 atom stereocenters. The van der Waals surface area contributed by atoms with E-state index in [-0.39, 0.29) is 12.5 Å². The maximum absolute atomic E-state index is 12.2. The minimum atomic E-state index is -0.502. The van der Waals surface area contributed by atoms with Crippen LogP contribution >= 0.6 is 0 Å². The van der Waals surface area contributed by atoms with Gasteiger partial charge in [-0.05, 0) is 37.2 Å². The van der Waals surface area contributed by atoms with Gasteiger partial charge in [0, 0.05) is 38.4 Å². The molecule has 2 aromatic carbocycles. The Labute approximate surface area is 169 Å². The number of oxazole rings is 1. The van der Waals surface area contributed by atoms with Crippen LogP contribution in [0.4, 0.5) is 5.69 Å². The Bertz CT molecular complexity index is 1000. The molecule has 1 saturated heterocycles.